The predicted octanol–water partition coefficient (Wildman–Crippen LogP) is 2.30. The quantitative estimate of drug-likeness (QED) is 0.670. The molecule has 2 saturated carbocycles. The van der Waals surface area contributed by atoms with Gasteiger partial charge in [0.05, 0.1) is 0 Å². The van der Waals surface area contributed by atoms with Crippen LogP contribution < -0.4 is 0 Å². The molecule has 0 amide bonds. The van der Waals surface area contributed by atoms with Gasteiger partial charge in [-0.25, -0.2) is 0 Å². The molecule has 0 aromatic carbocycles. The molecule has 0 saturated heterocycles. The molecule has 2 rings (SSSR count). The maximum atomic E-state index is 9.29. The Balaban J connectivity index is 2.17. The van der Waals surface area contributed by atoms with E-state index in [1.165, 1.54) is 12.8 Å². The molecule has 1 heteroatoms. The van der Waals surface area contributed by atoms with E-state index in [1.807, 2.05) is 0 Å². The molecule has 2 fully saturated rings. The van der Waals surface area contributed by atoms with Crippen molar-refractivity contribution >= 4 is 0 Å². The van der Waals surface area contributed by atoms with Crippen LogP contribution in [0.3, 0.4) is 0 Å². The molecule has 4 atom stereocenters. The summed E-state index contributed by atoms with van der Waals surface area (Å²) in [6.07, 6.45) is 2.65. The van der Waals surface area contributed by atoms with Gasteiger partial charge in [-0.3, -0.25) is 0 Å². The summed E-state index contributed by atoms with van der Waals surface area (Å²) in [6.45, 7) is 7.41. The Morgan fingerprint density at radius 3 is 2.50 bits per heavy atom. The summed E-state index contributed by atoms with van der Waals surface area (Å²) >= 11 is 0. The number of fused-ring (bicyclic) bond motifs is 1. The zero-order valence-corrected chi connectivity index (χ0v) is 8.38. The minimum absolute atomic E-state index is 0.416. The minimum Gasteiger partial charge on any atom is -0.396 e. The second-order valence-electron chi connectivity index (χ2n) is 5.17. The molecule has 0 heterocycles. The number of rotatable bonds is 2. The van der Waals surface area contributed by atoms with Crippen molar-refractivity contribution in [1.29, 1.82) is 0 Å². The second-order valence-corrected chi connectivity index (χ2v) is 5.17. The van der Waals surface area contributed by atoms with Gasteiger partial charge in [-0.15, -0.1) is 0 Å². The Morgan fingerprint density at radius 2 is 2.17 bits per heavy atom. The molecule has 2 aliphatic carbocycles. The standard InChI is InChI=1S/C11H20O/c1-7(2)11-5-10(11)8(3)4-9(11)6-12/h7-10,12H,4-6H2,1-3H3. The van der Waals surface area contributed by atoms with E-state index in [2.05, 4.69) is 20.8 Å². The highest BCUT2D eigenvalue weighted by Gasteiger charge is 2.66. The molecule has 0 aromatic rings. The molecule has 1 nitrogen and oxygen atoms in total. The van der Waals surface area contributed by atoms with Crippen molar-refractivity contribution in [2.45, 2.75) is 33.6 Å². The fourth-order valence-electron chi connectivity index (χ4n) is 3.73. The van der Waals surface area contributed by atoms with Gasteiger partial charge in [-0.2, -0.15) is 0 Å². The van der Waals surface area contributed by atoms with Crippen LogP contribution in [0.5, 0.6) is 0 Å². The van der Waals surface area contributed by atoms with Crippen LogP contribution in [0.4, 0.5) is 0 Å². The van der Waals surface area contributed by atoms with Gasteiger partial charge in [0, 0.05) is 6.61 Å². The number of hydrogen-bond acceptors (Lipinski definition) is 1. The maximum absolute atomic E-state index is 9.29. The van der Waals surface area contributed by atoms with Gasteiger partial charge in [0.2, 0.25) is 0 Å². The van der Waals surface area contributed by atoms with Crippen LogP contribution in [0, 0.1) is 29.1 Å². The summed E-state index contributed by atoms with van der Waals surface area (Å²) in [5.41, 5.74) is 0.550. The Labute approximate surface area is 75.2 Å². The summed E-state index contributed by atoms with van der Waals surface area (Å²) in [5.74, 6) is 3.18. The van der Waals surface area contributed by atoms with Gasteiger partial charge in [-0.1, -0.05) is 20.8 Å². The van der Waals surface area contributed by atoms with Crippen molar-refractivity contribution in [2.24, 2.45) is 29.1 Å². The smallest absolute Gasteiger partial charge is 0.0464 e. The molecule has 0 aliphatic heterocycles. The lowest BCUT2D eigenvalue weighted by molar-refractivity contribution is 0.138. The fraction of sp³-hybridized carbons (Fsp3) is 1.00. The van der Waals surface area contributed by atoms with E-state index in [0.29, 0.717) is 17.9 Å². The van der Waals surface area contributed by atoms with E-state index in [0.717, 1.165) is 17.8 Å². The summed E-state index contributed by atoms with van der Waals surface area (Å²) in [6, 6.07) is 0. The van der Waals surface area contributed by atoms with E-state index in [-0.39, 0.29) is 0 Å². The Bertz CT molecular complexity index is 187. The van der Waals surface area contributed by atoms with Crippen LogP contribution in [0.15, 0.2) is 0 Å². The molecule has 0 aromatic heterocycles. The first kappa shape index (κ1) is 8.55. The molecule has 2 aliphatic rings. The van der Waals surface area contributed by atoms with Crippen LogP contribution in [0.1, 0.15) is 33.6 Å². The zero-order valence-electron chi connectivity index (χ0n) is 8.38. The van der Waals surface area contributed by atoms with E-state index in [1.54, 1.807) is 0 Å². The minimum atomic E-state index is 0.416. The van der Waals surface area contributed by atoms with Crippen molar-refractivity contribution < 1.29 is 5.11 Å². The molecule has 0 radical (unpaired) electrons. The van der Waals surface area contributed by atoms with E-state index >= 15 is 0 Å². The lowest BCUT2D eigenvalue weighted by atomic mass is 9.81. The number of aliphatic hydroxyl groups excluding tert-OH is 1. The lowest BCUT2D eigenvalue weighted by Gasteiger charge is -2.25. The van der Waals surface area contributed by atoms with E-state index in [9.17, 15) is 5.11 Å². The van der Waals surface area contributed by atoms with Crippen LogP contribution in [-0.4, -0.2) is 11.7 Å². The summed E-state index contributed by atoms with van der Waals surface area (Å²) in [5, 5.41) is 9.29. The monoisotopic (exact) mass is 168 g/mol. The molecular weight excluding hydrogens is 148 g/mol. The number of aliphatic hydroxyl groups is 1. The van der Waals surface area contributed by atoms with E-state index < -0.39 is 0 Å². The van der Waals surface area contributed by atoms with Crippen LogP contribution in [0.25, 0.3) is 0 Å². The molecule has 12 heavy (non-hydrogen) atoms. The number of hydrogen-bond donors (Lipinski definition) is 1. The summed E-state index contributed by atoms with van der Waals surface area (Å²) in [7, 11) is 0. The average Bonchev–Trinajstić information content (AvgIpc) is 2.70. The first-order valence-corrected chi connectivity index (χ1v) is 5.23. The largest absolute Gasteiger partial charge is 0.396 e. The highest BCUT2D eigenvalue weighted by atomic mass is 16.3. The lowest BCUT2D eigenvalue weighted by Crippen LogP contribution is -2.22. The molecule has 4 unspecified atom stereocenters. The third kappa shape index (κ3) is 0.834. The first-order chi connectivity index (χ1) is 5.63. The van der Waals surface area contributed by atoms with Crippen LogP contribution in [-0.2, 0) is 0 Å². The molecular formula is C11H20O. The zero-order chi connectivity index (χ0) is 8.93. The van der Waals surface area contributed by atoms with Gasteiger partial charge in [-0.05, 0) is 41.9 Å². The Hall–Kier alpha value is -0.0400. The van der Waals surface area contributed by atoms with Crippen molar-refractivity contribution in [2.75, 3.05) is 6.61 Å². The highest BCUT2D eigenvalue weighted by molar-refractivity contribution is 5.14. The van der Waals surface area contributed by atoms with Crippen molar-refractivity contribution in [3.63, 3.8) is 0 Å². The Morgan fingerprint density at radius 1 is 1.50 bits per heavy atom. The van der Waals surface area contributed by atoms with E-state index in [4.69, 9.17) is 0 Å². The van der Waals surface area contributed by atoms with Gasteiger partial charge in [0.25, 0.3) is 0 Å². The third-order valence-electron chi connectivity index (χ3n) is 4.50. The summed E-state index contributed by atoms with van der Waals surface area (Å²) in [4.78, 5) is 0. The summed E-state index contributed by atoms with van der Waals surface area (Å²) < 4.78 is 0. The van der Waals surface area contributed by atoms with Gasteiger partial charge in [0.15, 0.2) is 0 Å². The normalized spacial score (nSPS) is 51.2. The molecule has 70 valence electrons. The van der Waals surface area contributed by atoms with Crippen molar-refractivity contribution in [3.8, 4) is 0 Å². The van der Waals surface area contributed by atoms with Crippen LogP contribution in [0.2, 0.25) is 0 Å². The van der Waals surface area contributed by atoms with Gasteiger partial charge < -0.3 is 5.11 Å². The maximum Gasteiger partial charge on any atom is 0.0464 e. The molecule has 0 spiro atoms. The fourth-order valence-corrected chi connectivity index (χ4v) is 3.73. The van der Waals surface area contributed by atoms with Crippen molar-refractivity contribution in [3.05, 3.63) is 0 Å². The average molecular weight is 168 g/mol. The molecule has 1 N–H and O–H groups in total. The third-order valence-corrected chi connectivity index (χ3v) is 4.50. The van der Waals surface area contributed by atoms with Crippen molar-refractivity contribution in [1.82, 2.24) is 0 Å². The van der Waals surface area contributed by atoms with Gasteiger partial charge >= 0.3 is 0 Å². The predicted molar refractivity (Wildman–Crippen MR) is 49.7 cm³/mol. The molecule has 0 bridgehead atoms. The second kappa shape index (κ2) is 2.47. The SMILES string of the molecule is CC1CC(CO)C2(C(C)C)CC12. The van der Waals surface area contributed by atoms with Crippen LogP contribution >= 0.6 is 0 Å². The first-order valence-electron chi connectivity index (χ1n) is 5.23. The topological polar surface area (TPSA) is 20.2 Å². The Kier molecular flexibility index (Phi) is 1.76. The highest BCUT2D eigenvalue weighted by Crippen LogP contribution is 2.71. The van der Waals surface area contributed by atoms with Gasteiger partial charge in [0.1, 0.15) is 0 Å².